The van der Waals surface area contributed by atoms with Crippen LogP contribution in [0.25, 0.3) is 16.7 Å². The van der Waals surface area contributed by atoms with E-state index in [0.717, 1.165) is 21.7 Å². The van der Waals surface area contributed by atoms with Crippen molar-refractivity contribution in [1.82, 2.24) is 24.1 Å². The van der Waals surface area contributed by atoms with Gasteiger partial charge < -0.3 is 0 Å². The van der Waals surface area contributed by atoms with E-state index in [1.807, 2.05) is 28.7 Å². The van der Waals surface area contributed by atoms with Crippen LogP contribution in [0.1, 0.15) is 11.4 Å². The topological polar surface area (TPSA) is 55.4 Å². The summed E-state index contributed by atoms with van der Waals surface area (Å²) in [6.45, 7) is 1.46. The molecule has 0 bridgehead atoms. The third-order valence-corrected chi connectivity index (χ3v) is 5.73. The van der Waals surface area contributed by atoms with E-state index >= 15 is 0 Å². The molecule has 0 N–H and O–H groups in total. The number of rotatable bonds is 4. The summed E-state index contributed by atoms with van der Waals surface area (Å²) in [6, 6.07) is 9.71. The SMILES string of the molecule is CN(Cc1csc(Br)c1)Cc1nnc2n(C)c(=O)c3ccccc3n12. The average Bonchev–Trinajstić information content (AvgIpc) is 3.19. The Morgan fingerprint density at radius 1 is 1.24 bits per heavy atom. The van der Waals surface area contributed by atoms with Gasteiger partial charge >= 0.3 is 0 Å². The molecule has 0 aliphatic rings. The minimum atomic E-state index is -0.0569. The molecule has 0 aliphatic carbocycles. The molecule has 0 atom stereocenters. The molecule has 3 aromatic heterocycles. The number of fused-ring (bicyclic) bond motifs is 3. The summed E-state index contributed by atoms with van der Waals surface area (Å²) in [4.78, 5) is 14.7. The first-order chi connectivity index (χ1) is 12.0. The number of aryl methyl sites for hydroxylation is 1. The zero-order chi connectivity index (χ0) is 17.6. The van der Waals surface area contributed by atoms with Gasteiger partial charge in [0.15, 0.2) is 5.82 Å². The molecular weight excluding hydrogens is 402 g/mol. The highest BCUT2D eigenvalue weighted by atomic mass is 79.9. The van der Waals surface area contributed by atoms with Crippen LogP contribution in [0.4, 0.5) is 0 Å². The van der Waals surface area contributed by atoms with E-state index in [2.05, 4.69) is 49.5 Å². The van der Waals surface area contributed by atoms with Gasteiger partial charge in [0.1, 0.15) is 0 Å². The van der Waals surface area contributed by atoms with Gasteiger partial charge in [-0.3, -0.25) is 18.7 Å². The molecule has 4 aromatic rings. The summed E-state index contributed by atoms with van der Waals surface area (Å²) < 4.78 is 4.65. The Labute approximate surface area is 156 Å². The molecule has 6 nitrogen and oxygen atoms in total. The molecule has 1 aromatic carbocycles. The lowest BCUT2D eigenvalue weighted by Crippen LogP contribution is -2.22. The van der Waals surface area contributed by atoms with E-state index in [1.54, 1.807) is 23.0 Å². The zero-order valence-corrected chi connectivity index (χ0v) is 16.2. The van der Waals surface area contributed by atoms with Crippen LogP contribution in [0.15, 0.2) is 44.3 Å². The van der Waals surface area contributed by atoms with E-state index in [4.69, 9.17) is 0 Å². The highest BCUT2D eigenvalue weighted by Crippen LogP contribution is 2.22. The molecule has 0 fully saturated rings. The molecule has 0 spiro atoms. The molecule has 25 heavy (non-hydrogen) atoms. The second-order valence-corrected chi connectivity index (χ2v) is 8.35. The molecule has 4 rings (SSSR count). The normalized spacial score (nSPS) is 11.8. The van der Waals surface area contributed by atoms with Crippen molar-refractivity contribution in [1.29, 1.82) is 0 Å². The highest BCUT2D eigenvalue weighted by Gasteiger charge is 2.15. The summed E-state index contributed by atoms with van der Waals surface area (Å²) in [5.74, 6) is 1.38. The number of para-hydroxylation sites is 1. The van der Waals surface area contributed by atoms with Crippen LogP contribution in [0.3, 0.4) is 0 Å². The van der Waals surface area contributed by atoms with Crippen molar-refractivity contribution in [2.45, 2.75) is 13.1 Å². The minimum absolute atomic E-state index is 0.0569. The van der Waals surface area contributed by atoms with Crippen LogP contribution >= 0.6 is 27.3 Å². The number of halogens is 1. The third-order valence-electron chi connectivity index (χ3n) is 4.18. The number of hydrogen-bond acceptors (Lipinski definition) is 5. The lowest BCUT2D eigenvalue weighted by atomic mass is 10.2. The first kappa shape index (κ1) is 16.4. The average molecular weight is 418 g/mol. The Balaban J connectivity index is 1.76. The number of hydrogen-bond donors (Lipinski definition) is 0. The Hall–Kier alpha value is -2.03. The fourth-order valence-corrected chi connectivity index (χ4v) is 4.23. The van der Waals surface area contributed by atoms with Gasteiger partial charge in [-0.25, -0.2) is 0 Å². The van der Waals surface area contributed by atoms with Crippen LogP contribution in [-0.2, 0) is 20.1 Å². The van der Waals surface area contributed by atoms with Crippen molar-refractivity contribution in [2.24, 2.45) is 7.05 Å². The van der Waals surface area contributed by atoms with Gasteiger partial charge in [0, 0.05) is 13.6 Å². The Morgan fingerprint density at radius 2 is 2.04 bits per heavy atom. The van der Waals surface area contributed by atoms with Crippen molar-refractivity contribution in [2.75, 3.05) is 7.05 Å². The summed E-state index contributed by atoms with van der Waals surface area (Å²) >= 11 is 5.18. The third kappa shape index (κ3) is 2.90. The van der Waals surface area contributed by atoms with Gasteiger partial charge in [-0.2, -0.15) is 0 Å². The summed E-state index contributed by atoms with van der Waals surface area (Å²) in [5.41, 5.74) is 2.04. The van der Waals surface area contributed by atoms with E-state index in [0.29, 0.717) is 17.7 Å². The molecule has 0 saturated carbocycles. The number of aromatic nitrogens is 4. The highest BCUT2D eigenvalue weighted by molar-refractivity contribution is 9.11. The van der Waals surface area contributed by atoms with Crippen LogP contribution < -0.4 is 5.56 Å². The Morgan fingerprint density at radius 3 is 2.80 bits per heavy atom. The van der Waals surface area contributed by atoms with E-state index in [9.17, 15) is 4.79 Å². The summed E-state index contributed by atoms with van der Waals surface area (Å²) in [5, 5.41) is 11.4. The molecule has 128 valence electrons. The molecule has 8 heteroatoms. The first-order valence-corrected chi connectivity index (χ1v) is 9.45. The predicted molar refractivity (Wildman–Crippen MR) is 103 cm³/mol. The second-order valence-electron chi connectivity index (χ2n) is 6.06. The minimum Gasteiger partial charge on any atom is -0.295 e. The Bertz CT molecular complexity index is 1130. The fraction of sp³-hybridized carbons (Fsp3) is 0.235. The largest absolute Gasteiger partial charge is 0.295 e. The second kappa shape index (κ2) is 6.36. The lowest BCUT2D eigenvalue weighted by molar-refractivity contribution is 0.310. The van der Waals surface area contributed by atoms with Crippen molar-refractivity contribution in [3.05, 3.63) is 61.2 Å². The van der Waals surface area contributed by atoms with Gasteiger partial charge in [-0.15, -0.1) is 21.5 Å². The van der Waals surface area contributed by atoms with Gasteiger partial charge in [0.2, 0.25) is 5.78 Å². The van der Waals surface area contributed by atoms with Crippen molar-refractivity contribution < 1.29 is 0 Å². The summed E-state index contributed by atoms with van der Waals surface area (Å²) in [7, 11) is 3.78. The monoisotopic (exact) mass is 417 g/mol. The van der Waals surface area contributed by atoms with Crippen molar-refractivity contribution >= 4 is 43.9 Å². The van der Waals surface area contributed by atoms with Gasteiger partial charge in [-0.05, 0) is 52.1 Å². The predicted octanol–water partition coefficient (Wildman–Crippen LogP) is 3.04. The maximum absolute atomic E-state index is 12.5. The zero-order valence-electron chi connectivity index (χ0n) is 13.8. The fourth-order valence-electron chi connectivity index (χ4n) is 3.03. The molecule has 0 saturated heterocycles. The molecular formula is C17H16BrN5OS. The quantitative estimate of drug-likeness (QED) is 0.511. The van der Waals surface area contributed by atoms with Gasteiger partial charge in [0.25, 0.3) is 5.56 Å². The van der Waals surface area contributed by atoms with Gasteiger partial charge in [-0.1, -0.05) is 12.1 Å². The van der Waals surface area contributed by atoms with Crippen LogP contribution in [0, 0.1) is 0 Å². The van der Waals surface area contributed by atoms with Crippen molar-refractivity contribution in [3.63, 3.8) is 0 Å². The Kier molecular flexibility index (Phi) is 4.18. The van der Waals surface area contributed by atoms with Crippen LogP contribution in [-0.4, -0.2) is 31.1 Å². The van der Waals surface area contributed by atoms with Crippen LogP contribution in [0.2, 0.25) is 0 Å². The van der Waals surface area contributed by atoms with E-state index < -0.39 is 0 Å². The summed E-state index contributed by atoms with van der Waals surface area (Å²) in [6.07, 6.45) is 0. The lowest BCUT2D eigenvalue weighted by Gasteiger charge is -2.15. The van der Waals surface area contributed by atoms with E-state index in [1.165, 1.54) is 5.56 Å². The maximum atomic E-state index is 12.5. The van der Waals surface area contributed by atoms with Gasteiger partial charge in [0.05, 0.1) is 21.2 Å². The van der Waals surface area contributed by atoms with E-state index in [-0.39, 0.29) is 5.56 Å². The number of thiophene rings is 1. The van der Waals surface area contributed by atoms with Crippen LogP contribution in [0.5, 0.6) is 0 Å². The molecule has 0 aliphatic heterocycles. The number of benzene rings is 1. The smallest absolute Gasteiger partial charge is 0.262 e. The first-order valence-electron chi connectivity index (χ1n) is 7.78. The maximum Gasteiger partial charge on any atom is 0.262 e. The number of nitrogens with zero attached hydrogens (tertiary/aromatic N) is 5. The molecule has 0 amide bonds. The standard InChI is InChI=1S/C17H16BrN5OS/c1-21(8-11-7-14(18)25-10-11)9-15-19-20-17-22(2)16(24)12-5-3-4-6-13(12)23(15)17/h3-7,10H,8-9H2,1-2H3. The van der Waals surface area contributed by atoms with Crippen molar-refractivity contribution in [3.8, 4) is 0 Å². The molecule has 0 radical (unpaired) electrons. The molecule has 3 heterocycles. The molecule has 0 unspecified atom stereocenters.